The highest BCUT2D eigenvalue weighted by Crippen LogP contribution is 2.23. The Balaban J connectivity index is 3.12. The molecule has 0 unspecified atom stereocenters. The minimum atomic E-state index is -0.802. The Morgan fingerprint density at radius 1 is 0.864 bits per heavy atom. The van der Waals surface area contributed by atoms with Gasteiger partial charge in [0.25, 0.3) is 0 Å². The van der Waals surface area contributed by atoms with Crippen LogP contribution in [0.1, 0.15) is 41.5 Å². The van der Waals surface area contributed by atoms with Gasteiger partial charge in [0.15, 0.2) is 0 Å². The third-order valence-corrected chi connectivity index (χ3v) is 2.49. The minimum absolute atomic E-state index is 0.327. The summed E-state index contributed by atoms with van der Waals surface area (Å²) in [7, 11) is 0. The van der Waals surface area contributed by atoms with Gasteiger partial charge in [-0.05, 0) is 65.8 Å². The lowest BCUT2D eigenvalue weighted by Crippen LogP contribution is -2.43. The first-order valence-corrected chi connectivity index (χ1v) is 7.28. The second-order valence-electron chi connectivity index (χ2n) is 6.77. The molecule has 0 spiro atoms. The average molecular weight is 328 g/mol. The predicted molar refractivity (Wildman–Crippen MR) is 86.4 cm³/mol. The molecule has 0 saturated carbocycles. The number of ether oxygens (including phenoxy) is 2. The van der Waals surface area contributed by atoms with Gasteiger partial charge in [-0.2, -0.15) is 4.90 Å². The first-order valence-electron chi connectivity index (χ1n) is 6.91. The number of anilines is 1. The van der Waals surface area contributed by atoms with Gasteiger partial charge in [0.2, 0.25) is 0 Å². The maximum Gasteiger partial charge on any atom is 0.424 e. The summed E-state index contributed by atoms with van der Waals surface area (Å²) >= 11 is 5.84. The highest BCUT2D eigenvalue weighted by molar-refractivity contribution is 6.30. The summed E-state index contributed by atoms with van der Waals surface area (Å²) in [5.74, 6) is 0. The van der Waals surface area contributed by atoms with Crippen LogP contribution < -0.4 is 4.90 Å². The molecule has 0 aliphatic heterocycles. The third-order valence-electron chi connectivity index (χ3n) is 2.24. The van der Waals surface area contributed by atoms with E-state index in [2.05, 4.69) is 0 Å². The second kappa shape index (κ2) is 6.57. The molecule has 22 heavy (non-hydrogen) atoms. The number of hydrogen-bond acceptors (Lipinski definition) is 4. The van der Waals surface area contributed by atoms with Crippen molar-refractivity contribution in [2.75, 3.05) is 4.90 Å². The Hall–Kier alpha value is -1.75. The predicted octanol–water partition coefficient (Wildman–Crippen LogP) is 5.02. The van der Waals surface area contributed by atoms with E-state index in [0.717, 1.165) is 4.90 Å². The largest absolute Gasteiger partial charge is 0.443 e. The summed E-state index contributed by atoms with van der Waals surface area (Å²) in [4.78, 5) is 25.5. The van der Waals surface area contributed by atoms with Crippen LogP contribution >= 0.6 is 11.6 Å². The van der Waals surface area contributed by atoms with Gasteiger partial charge in [0.05, 0.1) is 5.69 Å². The van der Waals surface area contributed by atoms with Crippen LogP contribution in [0.15, 0.2) is 24.3 Å². The molecule has 0 radical (unpaired) electrons. The van der Waals surface area contributed by atoms with E-state index in [4.69, 9.17) is 21.1 Å². The third kappa shape index (κ3) is 5.93. The fourth-order valence-corrected chi connectivity index (χ4v) is 1.62. The summed E-state index contributed by atoms with van der Waals surface area (Å²) in [6, 6.07) is 6.27. The molecule has 0 aliphatic rings. The Bertz CT molecular complexity index is 513. The lowest BCUT2D eigenvalue weighted by atomic mass is 10.2. The van der Waals surface area contributed by atoms with E-state index in [9.17, 15) is 9.59 Å². The molecule has 0 saturated heterocycles. The maximum absolute atomic E-state index is 12.3. The van der Waals surface area contributed by atoms with Gasteiger partial charge in [0, 0.05) is 5.02 Å². The van der Waals surface area contributed by atoms with Gasteiger partial charge in [-0.25, -0.2) is 9.59 Å². The number of rotatable bonds is 1. The van der Waals surface area contributed by atoms with Gasteiger partial charge in [-0.1, -0.05) is 11.6 Å². The minimum Gasteiger partial charge on any atom is -0.443 e. The lowest BCUT2D eigenvalue weighted by molar-refractivity contribution is 0.0431. The van der Waals surface area contributed by atoms with Crippen LogP contribution in [0.2, 0.25) is 5.02 Å². The summed E-state index contributed by atoms with van der Waals surface area (Å²) in [6.45, 7) is 10.3. The van der Waals surface area contributed by atoms with Gasteiger partial charge in [-0.3, -0.25) is 0 Å². The molecule has 1 rings (SSSR count). The standard InChI is InChI=1S/C16H22ClNO4/c1-15(2,3)21-13(19)18(14(20)22-16(4,5)6)12-9-7-11(17)8-10-12/h7-10H,1-6H3. The van der Waals surface area contributed by atoms with Crippen LogP contribution in [0, 0.1) is 0 Å². The number of halogens is 1. The SMILES string of the molecule is CC(C)(C)OC(=O)N(C(=O)OC(C)(C)C)c1ccc(Cl)cc1. The average Bonchev–Trinajstić information content (AvgIpc) is 2.27. The van der Waals surface area contributed by atoms with Gasteiger partial charge in [-0.15, -0.1) is 0 Å². The number of imide groups is 1. The van der Waals surface area contributed by atoms with Crippen molar-refractivity contribution in [2.45, 2.75) is 52.7 Å². The summed E-state index contributed by atoms with van der Waals surface area (Å²) in [5.41, 5.74) is -1.14. The van der Waals surface area contributed by atoms with E-state index in [1.54, 1.807) is 65.8 Å². The zero-order valence-corrected chi connectivity index (χ0v) is 14.5. The van der Waals surface area contributed by atoms with Crippen molar-refractivity contribution in [3.63, 3.8) is 0 Å². The number of benzene rings is 1. The number of hydrogen-bond donors (Lipinski definition) is 0. The molecule has 122 valence electrons. The van der Waals surface area contributed by atoms with Crippen LogP contribution in [-0.2, 0) is 9.47 Å². The first-order chi connectivity index (χ1) is 9.89. The Kier molecular flexibility index (Phi) is 5.46. The molecule has 5 nitrogen and oxygen atoms in total. The molecular weight excluding hydrogens is 306 g/mol. The topological polar surface area (TPSA) is 55.8 Å². The fraction of sp³-hybridized carbons (Fsp3) is 0.500. The van der Waals surface area contributed by atoms with Gasteiger partial charge in [0.1, 0.15) is 11.2 Å². The first kappa shape index (κ1) is 18.3. The number of amides is 2. The Morgan fingerprint density at radius 3 is 1.55 bits per heavy atom. The Morgan fingerprint density at radius 2 is 1.23 bits per heavy atom. The smallest absolute Gasteiger partial charge is 0.424 e. The zero-order chi connectivity index (χ0) is 17.1. The monoisotopic (exact) mass is 327 g/mol. The number of carbonyl (C=O) groups is 2. The van der Waals surface area contributed by atoms with Crippen molar-refractivity contribution in [1.29, 1.82) is 0 Å². The van der Waals surface area contributed by atoms with Gasteiger partial charge >= 0.3 is 12.2 Å². The molecule has 0 aliphatic carbocycles. The van der Waals surface area contributed by atoms with E-state index >= 15 is 0 Å². The van der Waals surface area contributed by atoms with E-state index in [0.29, 0.717) is 10.7 Å². The number of nitrogens with zero attached hydrogens (tertiary/aromatic N) is 1. The maximum atomic E-state index is 12.3. The lowest BCUT2D eigenvalue weighted by Gasteiger charge is -2.28. The molecule has 1 aromatic carbocycles. The molecule has 0 N–H and O–H groups in total. The van der Waals surface area contributed by atoms with E-state index in [-0.39, 0.29) is 0 Å². The van der Waals surface area contributed by atoms with Crippen molar-refractivity contribution < 1.29 is 19.1 Å². The second-order valence-corrected chi connectivity index (χ2v) is 7.21. The molecule has 1 aromatic rings. The van der Waals surface area contributed by atoms with Crippen LogP contribution in [-0.4, -0.2) is 23.4 Å². The van der Waals surface area contributed by atoms with Crippen LogP contribution in [0.3, 0.4) is 0 Å². The van der Waals surface area contributed by atoms with Crippen LogP contribution in [0.25, 0.3) is 0 Å². The number of carbonyl (C=O) groups excluding carboxylic acids is 2. The normalized spacial score (nSPS) is 11.8. The quantitative estimate of drug-likeness (QED) is 0.727. The van der Waals surface area contributed by atoms with Crippen LogP contribution in [0.5, 0.6) is 0 Å². The molecule has 0 atom stereocenters. The Labute approximate surface area is 136 Å². The van der Waals surface area contributed by atoms with E-state index < -0.39 is 23.4 Å². The molecule has 0 heterocycles. The van der Waals surface area contributed by atoms with Crippen molar-refractivity contribution in [3.05, 3.63) is 29.3 Å². The van der Waals surface area contributed by atoms with Crippen molar-refractivity contribution in [3.8, 4) is 0 Å². The molecule has 0 bridgehead atoms. The molecular formula is C16H22ClNO4. The summed E-state index contributed by atoms with van der Waals surface area (Å²) < 4.78 is 10.5. The fourth-order valence-electron chi connectivity index (χ4n) is 1.49. The van der Waals surface area contributed by atoms with Crippen molar-refractivity contribution in [2.24, 2.45) is 0 Å². The van der Waals surface area contributed by atoms with E-state index in [1.165, 1.54) is 0 Å². The summed E-state index contributed by atoms with van der Waals surface area (Å²) in [5, 5.41) is 0.497. The zero-order valence-electron chi connectivity index (χ0n) is 13.8. The molecule has 2 amide bonds. The highest BCUT2D eigenvalue weighted by Gasteiger charge is 2.32. The van der Waals surface area contributed by atoms with E-state index in [1.807, 2.05) is 0 Å². The molecule has 0 fully saturated rings. The highest BCUT2D eigenvalue weighted by atomic mass is 35.5. The molecule has 6 heteroatoms. The van der Waals surface area contributed by atoms with Crippen molar-refractivity contribution in [1.82, 2.24) is 0 Å². The van der Waals surface area contributed by atoms with Gasteiger partial charge < -0.3 is 9.47 Å². The van der Waals surface area contributed by atoms with Crippen molar-refractivity contribution >= 4 is 29.5 Å². The molecule has 0 aromatic heterocycles. The summed E-state index contributed by atoms with van der Waals surface area (Å²) in [6.07, 6.45) is -1.60. The van der Waals surface area contributed by atoms with Crippen LogP contribution in [0.4, 0.5) is 15.3 Å².